The van der Waals surface area contributed by atoms with Crippen molar-refractivity contribution >= 4 is 11.8 Å². The zero-order chi connectivity index (χ0) is 18.8. The van der Waals surface area contributed by atoms with Crippen LogP contribution in [0, 0.1) is 5.92 Å². The number of unbranched alkanes of at least 4 members (excludes halogenated alkanes) is 10. The van der Waals surface area contributed by atoms with E-state index in [1.807, 2.05) is 0 Å². The largest absolute Gasteiger partial charge is 0.465 e. The van der Waals surface area contributed by atoms with Crippen LogP contribution < -0.4 is 0 Å². The number of hydrogen-bond acceptors (Lipinski definition) is 3. The van der Waals surface area contributed by atoms with Gasteiger partial charge in [-0.1, -0.05) is 91.4 Å². The van der Waals surface area contributed by atoms with Crippen molar-refractivity contribution < 1.29 is 14.3 Å². The van der Waals surface area contributed by atoms with Gasteiger partial charge in [0.15, 0.2) is 0 Å². The molecule has 0 aromatic rings. The molecule has 25 heavy (non-hydrogen) atoms. The van der Waals surface area contributed by atoms with Gasteiger partial charge in [-0.25, -0.2) is 0 Å². The predicted molar refractivity (Wildman–Crippen MR) is 106 cm³/mol. The van der Waals surface area contributed by atoms with E-state index in [-0.39, 0.29) is 11.8 Å². The van der Waals surface area contributed by atoms with Gasteiger partial charge in [-0.05, 0) is 19.3 Å². The third-order valence-electron chi connectivity index (χ3n) is 4.79. The maximum atomic E-state index is 12.5. The summed E-state index contributed by atoms with van der Waals surface area (Å²) < 4.78 is 5.33. The van der Waals surface area contributed by atoms with Gasteiger partial charge in [0.25, 0.3) is 0 Å². The van der Waals surface area contributed by atoms with Crippen LogP contribution in [0.5, 0.6) is 0 Å². The number of ketones is 1. The molecule has 0 aliphatic heterocycles. The third-order valence-corrected chi connectivity index (χ3v) is 4.79. The second-order valence-electron chi connectivity index (χ2n) is 7.26. The minimum atomic E-state index is -0.520. The van der Waals surface area contributed by atoms with Crippen LogP contribution in [0.15, 0.2) is 0 Å². The summed E-state index contributed by atoms with van der Waals surface area (Å²) in [5.41, 5.74) is 0. The first-order chi connectivity index (χ1) is 12.2. The Morgan fingerprint density at radius 1 is 0.680 bits per heavy atom. The summed E-state index contributed by atoms with van der Waals surface area (Å²) in [4.78, 5) is 24.8. The van der Waals surface area contributed by atoms with Crippen molar-refractivity contribution in [3.05, 3.63) is 0 Å². The fourth-order valence-electron chi connectivity index (χ4n) is 3.03. The Bertz CT molecular complexity index is 325. The average Bonchev–Trinajstić information content (AvgIpc) is 2.61. The molecule has 3 heteroatoms. The molecule has 0 aromatic heterocycles. The van der Waals surface area contributed by atoms with E-state index in [1.54, 1.807) is 0 Å². The molecule has 0 N–H and O–H groups in total. The van der Waals surface area contributed by atoms with Gasteiger partial charge in [0.05, 0.1) is 6.61 Å². The van der Waals surface area contributed by atoms with Crippen molar-refractivity contribution in [2.45, 2.75) is 117 Å². The van der Waals surface area contributed by atoms with E-state index in [0.717, 1.165) is 44.9 Å². The zero-order valence-electron chi connectivity index (χ0n) is 17.1. The van der Waals surface area contributed by atoms with E-state index < -0.39 is 5.92 Å². The van der Waals surface area contributed by atoms with Crippen molar-refractivity contribution in [1.82, 2.24) is 0 Å². The van der Waals surface area contributed by atoms with E-state index >= 15 is 0 Å². The molecule has 0 rings (SSSR count). The molecule has 0 radical (unpaired) electrons. The van der Waals surface area contributed by atoms with E-state index in [9.17, 15) is 9.59 Å². The smallest absolute Gasteiger partial charge is 0.316 e. The van der Waals surface area contributed by atoms with Crippen LogP contribution in [0.1, 0.15) is 117 Å². The lowest BCUT2D eigenvalue weighted by Crippen LogP contribution is -2.26. The highest BCUT2D eigenvalue weighted by Gasteiger charge is 2.26. The Balaban J connectivity index is 4.17. The van der Waals surface area contributed by atoms with Crippen LogP contribution in [0.4, 0.5) is 0 Å². The van der Waals surface area contributed by atoms with Gasteiger partial charge in [0, 0.05) is 6.42 Å². The highest BCUT2D eigenvalue weighted by molar-refractivity contribution is 5.98. The molecule has 0 amide bonds. The molecule has 0 spiro atoms. The molecule has 0 saturated heterocycles. The van der Waals surface area contributed by atoms with Crippen LogP contribution in [0.2, 0.25) is 0 Å². The van der Waals surface area contributed by atoms with Crippen LogP contribution in [0.25, 0.3) is 0 Å². The minimum absolute atomic E-state index is 0.103. The van der Waals surface area contributed by atoms with E-state index in [4.69, 9.17) is 4.74 Å². The lowest BCUT2D eigenvalue weighted by Gasteiger charge is -2.15. The van der Waals surface area contributed by atoms with E-state index in [1.165, 1.54) is 38.5 Å². The Morgan fingerprint density at radius 2 is 1.20 bits per heavy atom. The van der Waals surface area contributed by atoms with Gasteiger partial charge in [0.2, 0.25) is 0 Å². The fourth-order valence-corrected chi connectivity index (χ4v) is 3.03. The molecule has 1 atom stereocenters. The number of hydrogen-bond donors (Lipinski definition) is 0. The first-order valence-corrected chi connectivity index (χ1v) is 10.9. The Kier molecular flexibility index (Phi) is 17.3. The molecule has 1 unspecified atom stereocenters. The first-order valence-electron chi connectivity index (χ1n) is 10.9. The summed E-state index contributed by atoms with van der Waals surface area (Å²) in [6, 6.07) is 0. The SMILES string of the molecule is CCCCCCCCCC(=O)C(CCCCCC)C(=O)OCCCC. The molecule has 0 heterocycles. The highest BCUT2D eigenvalue weighted by atomic mass is 16.5. The number of Topliss-reactive ketones (excluding diaryl/α,β-unsaturated/α-hetero) is 1. The van der Waals surface area contributed by atoms with Gasteiger partial charge in [-0.3, -0.25) is 9.59 Å². The number of carbonyl (C=O) groups is 2. The van der Waals surface area contributed by atoms with Crippen molar-refractivity contribution in [3.8, 4) is 0 Å². The van der Waals surface area contributed by atoms with Crippen molar-refractivity contribution in [3.63, 3.8) is 0 Å². The molecule has 0 aliphatic rings. The Hall–Kier alpha value is -0.860. The lowest BCUT2D eigenvalue weighted by molar-refractivity contribution is -0.152. The predicted octanol–water partition coefficient (Wildman–Crippen LogP) is 6.63. The maximum absolute atomic E-state index is 12.5. The summed E-state index contributed by atoms with van der Waals surface area (Å²) in [7, 11) is 0. The number of carbonyl (C=O) groups excluding carboxylic acids is 2. The van der Waals surface area contributed by atoms with E-state index in [0.29, 0.717) is 19.4 Å². The molecule has 3 nitrogen and oxygen atoms in total. The topological polar surface area (TPSA) is 43.4 Å². The number of rotatable bonds is 18. The molecular formula is C22H42O3. The molecule has 0 aliphatic carbocycles. The fraction of sp³-hybridized carbons (Fsp3) is 0.909. The van der Waals surface area contributed by atoms with Crippen LogP contribution in [0.3, 0.4) is 0 Å². The third kappa shape index (κ3) is 14.0. The molecule has 0 bridgehead atoms. The molecule has 0 saturated carbocycles. The Labute approximate surface area is 156 Å². The van der Waals surface area contributed by atoms with Crippen LogP contribution >= 0.6 is 0 Å². The normalized spacial score (nSPS) is 12.1. The summed E-state index contributed by atoms with van der Waals surface area (Å²) in [6.45, 7) is 6.91. The summed E-state index contributed by atoms with van der Waals surface area (Å²) in [5, 5.41) is 0. The summed E-state index contributed by atoms with van der Waals surface area (Å²) in [5.74, 6) is -0.696. The minimum Gasteiger partial charge on any atom is -0.465 e. The first kappa shape index (κ1) is 24.1. The lowest BCUT2D eigenvalue weighted by atomic mass is 9.93. The number of esters is 1. The van der Waals surface area contributed by atoms with Gasteiger partial charge < -0.3 is 4.74 Å². The van der Waals surface area contributed by atoms with Crippen LogP contribution in [-0.4, -0.2) is 18.4 Å². The molecule has 148 valence electrons. The average molecular weight is 355 g/mol. The van der Waals surface area contributed by atoms with E-state index in [2.05, 4.69) is 20.8 Å². The van der Waals surface area contributed by atoms with Crippen molar-refractivity contribution in [2.75, 3.05) is 6.61 Å². The van der Waals surface area contributed by atoms with Crippen molar-refractivity contribution in [1.29, 1.82) is 0 Å². The second kappa shape index (κ2) is 17.9. The van der Waals surface area contributed by atoms with Crippen LogP contribution in [-0.2, 0) is 14.3 Å². The summed E-state index contributed by atoms with van der Waals surface area (Å²) in [6.07, 6.45) is 15.8. The van der Waals surface area contributed by atoms with Gasteiger partial charge in [-0.15, -0.1) is 0 Å². The summed E-state index contributed by atoms with van der Waals surface area (Å²) >= 11 is 0. The molecule has 0 aromatic carbocycles. The monoisotopic (exact) mass is 354 g/mol. The highest BCUT2D eigenvalue weighted by Crippen LogP contribution is 2.18. The van der Waals surface area contributed by atoms with Gasteiger partial charge in [-0.2, -0.15) is 0 Å². The maximum Gasteiger partial charge on any atom is 0.316 e. The second-order valence-corrected chi connectivity index (χ2v) is 7.26. The molecular weight excluding hydrogens is 312 g/mol. The Morgan fingerprint density at radius 3 is 1.80 bits per heavy atom. The van der Waals surface area contributed by atoms with Gasteiger partial charge in [0.1, 0.15) is 11.7 Å². The standard InChI is InChI=1S/C22H42O3/c1-4-7-10-12-13-14-16-18-21(23)20(17-15-11-8-5-2)22(24)25-19-9-6-3/h20H,4-19H2,1-3H3. The molecule has 0 fully saturated rings. The number of ether oxygens (including phenoxy) is 1. The van der Waals surface area contributed by atoms with Gasteiger partial charge >= 0.3 is 5.97 Å². The van der Waals surface area contributed by atoms with Crippen molar-refractivity contribution in [2.24, 2.45) is 5.92 Å². The quantitative estimate of drug-likeness (QED) is 0.158. The zero-order valence-corrected chi connectivity index (χ0v) is 17.1.